The molecule has 0 bridgehead atoms. The molecule has 25 heavy (non-hydrogen) atoms. The first-order valence-corrected chi connectivity index (χ1v) is 7.98. The number of hydrogen-bond acceptors (Lipinski definition) is 5. The second-order valence-electron chi connectivity index (χ2n) is 5.00. The Balaban J connectivity index is 1.93. The average Bonchev–Trinajstić information content (AvgIpc) is 2.57. The van der Waals surface area contributed by atoms with Crippen LogP contribution in [0.4, 0.5) is 0 Å². The number of methoxy groups -OCH3 is 1. The van der Waals surface area contributed by atoms with Gasteiger partial charge in [0.1, 0.15) is 5.75 Å². The number of amides is 1. The molecule has 2 aromatic carbocycles. The average molecular weight is 383 g/mol. The third kappa shape index (κ3) is 5.27. The van der Waals surface area contributed by atoms with Gasteiger partial charge in [-0.15, -0.1) is 0 Å². The van der Waals surface area contributed by atoms with Crippen molar-refractivity contribution in [2.45, 2.75) is 13.0 Å². The maximum Gasteiger partial charge on any atom is 0.280 e. The van der Waals surface area contributed by atoms with Crippen LogP contribution in [0.2, 0.25) is 10.0 Å². The fraction of sp³-hybridized carbons (Fsp3) is 0.176. The van der Waals surface area contributed by atoms with Crippen molar-refractivity contribution >= 4 is 35.3 Å². The monoisotopic (exact) mass is 382 g/mol. The molecule has 8 heteroatoms. The second kappa shape index (κ2) is 8.60. The molecule has 0 saturated heterocycles. The summed E-state index contributed by atoms with van der Waals surface area (Å²) in [5, 5.41) is 14.3. The van der Waals surface area contributed by atoms with Crippen molar-refractivity contribution in [2.24, 2.45) is 5.10 Å². The molecule has 2 aromatic rings. The van der Waals surface area contributed by atoms with E-state index in [9.17, 15) is 9.90 Å². The van der Waals surface area contributed by atoms with Gasteiger partial charge in [0.2, 0.25) is 0 Å². The number of nitrogens with zero attached hydrogens (tertiary/aromatic N) is 1. The van der Waals surface area contributed by atoms with Crippen molar-refractivity contribution in [2.75, 3.05) is 7.11 Å². The lowest BCUT2D eigenvalue weighted by atomic mass is 10.2. The Bertz CT molecular complexity index is 796. The van der Waals surface area contributed by atoms with E-state index in [1.165, 1.54) is 25.5 Å². The molecule has 2 rings (SSSR count). The Labute approximate surface area is 155 Å². The van der Waals surface area contributed by atoms with E-state index in [-0.39, 0.29) is 5.75 Å². The minimum Gasteiger partial charge on any atom is -0.504 e. The zero-order valence-corrected chi connectivity index (χ0v) is 15.0. The Morgan fingerprint density at radius 1 is 1.24 bits per heavy atom. The maximum absolute atomic E-state index is 12.0. The van der Waals surface area contributed by atoms with Gasteiger partial charge in [-0.3, -0.25) is 4.79 Å². The molecule has 6 nitrogen and oxygen atoms in total. The molecule has 1 unspecified atom stereocenters. The van der Waals surface area contributed by atoms with Crippen molar-refractivity contribution in [3.63, 3.8) is 0 Å². The zero-order chi connectivity index (χ0) is 18.4. The maximum atomic E-state index is 12.0. The SMILES string of the molecule is COc1ccc(/C=N/NC(=O)C(C)Oc2ccc(Cl)cc2Cl)cc1O. The number of rotatable bonds is 6. The van der Waals surface area contributed by atoms with Crippen molar-refractivity contribution in [1.82, 2.24) is 5.43 Å². The van der Waals surface area contributed by atoms with Crippen LogP contribution in [0.15, 0.2) is 41.5 Å². The summed E-state index contributed by atoms with van der Waals surface area (Å²) in [5.74, 6) is 0.215. The molecule has 0 radical (unpaired) electrons. The number of benzene rings is 2. The first-order valence-electron chi connectivity index (χ1n) is 7.22. The topological polar surface area (TPSA) is 80.2 Å². The molecule has 1 atom stereocenters. The van der Waals surface area contributed by atoms with Crippen LogP contribution in [-0.2, 0) is 4.79 Å². The van der Waals surface area contributed by atoms with Crippen LogP contribution in [0.1, 0.15) is 12.5 Å². The number of nitrogens with one attached hydrogen (secondary N) is 1. The van der Waals surface area contributed by atoms with Gasteiger partial charge in [0.05, 0.1) is 18.3 Å². The highest BCUT2D eigenvalue weighted by Gasteiger charge is 2.15. The minimum absolute atomic E-state index is 0.0214. The van der Waals surface area contributed by atoms with E-state index in [2.05, 4.69) is 10.5 Å². The Hall–Kier alpha value is -2.44. The summed E-state index contributed by atoms with van der Waals surface area (Å²) in [6, 6.07) is 9.45. The fourth-order valence-corrected chi connectivity index (χ4v) is 2.32. The third-order valence-corrected chi connectivity index (χ3v) is 3.69. The lowest BCUT2D eigenvalue weighted by Crippen LogP contribution is -2.33. The lowest BCUT2D eigenvalue weighted by molar-refractivity contribution is -0.127. The smallest absolute Gasteiger partial charge is 0.280 e. The molecule has 0 fully saturated rings. The Kier molecular flexibility index (Phi) is 6.50. The van der Waals surface area contributed by atoms with Crippen LogP contribution >= 0.6 is 23.2 Å². The van der Waals surface area contributed by atoms with Crippen LogP contribution in [0.3, 0.4) is 0 Å². The summed E-state index contributed by atoms with van der Waals surface area (Å²) >= 11 is 11.8. The summed E-state index contributed by atoms with van der Waals surface area (Å²) in [5.41, 5.74) is 2.94. The number of aromatic hydroxyl groups is 1. The molecule has 0 aromatic heterocycles. The van der Waals surface area contributed by atoms with E-state index in [0.29, 0.717) is 27.1 Å². The summed E-state index contributed by atoms with van der Waals surface area (Å²) in [6.07, 6.45) is 0.569. The Morgan fingerprint density at radius 3 is 2.60 bits per heavy atom. The first-order chi connectivity index (χ1) is 11.9. The number of halogens is 2. The first kappa shape index (κ1) is 18.9. The molecule has 0 aliphatic heterocycles. The molecular formula is C17H16Cl2N2O4. The van der Waals surface area contributed by atoms with Crippen molar-refractivity contribution in [1.29, 1.82) is 0 Å². The summed E-state index contributed by atoms with van der Waals surface area (Å²) in [4.78, 5) is 12.0. The predicted octanol–water partition coefficient (Wildman–Crippen LogP) is 3.63. The number of phenols is 1. The third-order valence-electron chi connectivity index (χ3n) is 3.16. The highest BCUT2D eigenvalue weighted by molar-refractivity contribution is 6.35. The molecule has 1 amide bonds. The fourth-order valence-electron chi connectivity index (χ4n) is 1.86. The van der Waals surface area contributed by atoms with Gasteiger partial charge in [-0.05, 0) is 48.9 Å². The number of hydrogen-bond donors (Lipinski definition) is 2. The van der Waals surface area contributed by atoms with E-state index >= 15 is 0 Å². The largest absolute Gasteiger partial charge is 0.504 e. The normalized spacial score (nSPS) is 12.0. The number of carbonyl (C=O) groups excluding carboxylic acids is 1. The Morgan fingerprint density at radius 2 is 1.96 bits per heavy atom. The van der Waals surface area contributed by atoms with E-state index in [1.54, 1.807) is 31.2 Å². The molecule has 0 aliphatic rings. The van der Waals surface area contributed by atoms with Gasteiger partial charge >= 0.3 is 0 Å². The van der Waals surface area contributed by atoms with Crippen LogP contribution in [0.25, 0.3) is 0 Å². The van der Waals surface area contributed by atoms with E-state index in [0.717, 1.165) is 0 Å². The molecule has 2 N–H and O–H groups in total. The highest BCUT2D eigenvalue weighted by atomic mass is 35.5. The summed E-state index contributed by atoms with van der Waals surface area (Å²) < 4.78 is 10.4. The molecule has 0 heterocycles. The molecule has 0 saturated carbocycles. The van der Waals surface area contributed by atoms with E-state index < -0.39 is 12.0 Å². The minimum atomic E-state index is -0.819. The number of carbonyl (C=O) groups is 1. The summed E-state index contributed by atoms with van der Waals surface area (Å²) in [6.45, 7) is 1.56. The van der Waals surface area contributed by atoms with Gasteiger partial charge in [0.15, 0.2) is 17.6 Å². The second-order valence-corrected chi connectivity index (χ2v) is 5.84. The standard InChI is InChI=1S/C17H16Cl2N2O4/c1-10(25-15-6-4-12(18)8-13(15)19)17(23)21-20-9-11-3-5-16(24-2)14(22)7-11/h3-10,22H,1-2H3,(H,21,23)/b20-9+. The van der Waals surface area contributed by atoms with Crippen LogP contribution in [-0.4, -0.2) is 30.4 Å². The number of ether oxygens (including phenoxy) is 2. The van der Waals surface area contributed by atoms with E-state index in [1.807, 2.05) is 0 Å². The van der Waals surface area contributed by atoms with Gasteiger partial charge in [0, 0.05) is 5.02 Å². The van der Waals surface area contributed by atoms with Gasteiger partial charge in [0.25, 0.3) is 5.91 Å². The molecule has 0 spiro atoms. The van der Waals surface area contributed by atoms with Crippen LogP contribution in [0, 0.1) is 0 Å². The quantitative estimate of drug-likeness (QED) is 0.590. The van der Waals surface area contributed by atoms with Gasteiger partial charge in [-0.25, -0.2) is 5.43 Å². The molecule has 0 aliphatic carbocycles. The van der Waals surface area contributed by atoms with Crippen LogP contribution in [0.5, 0.6) is 17.2 Å². The summed E-state index contributed by atoms with van der Waals surface area (Å²) in [7, 11) is 1.46. The molecule has 132 valence electrons. The zero-order valence-electron chi connectivity index (χ0n) is 13.5. The number of hydrazone groups is 1. The van der Waals surface area contributed by atoms with Crippen molar-refractivity contribution in [3.05, 3.63) is 52.0 Å². The van der Waals surface area contributed by atoms with Gasteiger partial charge < -0.3 is 14.6 Å². The predicted molar refractivity (Wildman–Crippen MR) is 96.9 cm³/mol. The van der Waals surface area contributed by atoms with Gasteiger partial charge in [-0.2, -0.15) is 5.10 Å². The lowest BCUT2D eigenvalue weighted by Gasteiger charge is -2.14. The molecular weight excluding hydrogens is 367 g/mol. The van der Waals surface area contributed by atoms with E-state index in [4.69, 9.17) is 32.7 Å². The van der Waals surface area contributed by atoms with Crippen LogP contribution < -0.4 is 14.9 Å². The number of phenolic OH excluding ortho intramolecular Hbond substituents is 1. The van der Waals surface area contributed by atoms with Crippen molar-refractivity contribution < 1.29 is 19.4 Å². The highest BCUT2D eigenvalue weighted by Crippen LogP contribution is 2.28. The van der Waals surface area contributed by atoms with Crippen molar-refractivity contribution in [3.8, 4) is 17.2 Å². The van der Waals surface area contributed by atoms with Gasteiger partial charge in [-0.1, -0.05) is 23.2 Å².